The number of halogens is 1. The lowest BCUT2D eigenvalue weighted by molar-refractivity contribution is 0.0601. The standard InChI is InChI=1S/C14H16ClN3O2/c1-3-18-9-16-7-11(18)8-17-10-4-5-13(15)12(6-10)14(19)20-2/h4-7,9,17H,3,8H2,1-2H3. The van der Waals surface area contributed by atoms with Crippen LogP contribution >= 0.6 is 11.6 Å². The van der Waals surface area contributed by atoms with Crippen molar-refractivity contribution in [2.75, 3.05) is 12.4 Å². The third-order valence-corrected chi connectivity index (χ3v) is 3.31. The van der Waals surface area contributed by atoms with Gasteiger partial charge in [-0.2, -0.15) is 0 Å². The number of hydrogen-bond acceptors (Lipinski definition) is 4. The molecule has 0 unspecified atom stereocenters. The van der Waals surface area contributed by atoms with Crippen LogP contribution in [0.25, 0.3) is 0 Å². The molecule has 0 saturated heterocycles. The van der Waals surface area contributed by atoms with Crippen molar-refractivity contribution >= 4 is 23.3 Å². The number of benzene rings is 1. The smallest absolute Gasteiger partial charge is 0.339 e. The SMILES string of the molecule is CCn1cncc1CNc1ccc(Cl)c(C(=O)OC)c1. The molecule has 2 rings (SSSR count). The zero-order valence-electron chi connectivity index (χ0n) is 11.4. The molecule has 106 valence electrons. The Labute approximate surface area is 122 Å². The number of carbonyl (C=O) groups excluding carboxylic acids is 1. The molecular weight excluding hydrogens is 278 g/mol. The molecule has 0 aliphatic rings. The second-order valence-electron chi connectivity index (χ2n) is 4.21. The molecule has 0 amide bonds. The third-order valence-electron chi connectivity index (χ3n) is 2.98. The number of ether oxygens (including phenoxy) is 1. The van der Waals surface area contributed by atoms with Crippen molar-refractivity contribution in [1.29, 1.82) is 0 Å². The second-order valence-corrected chi connectivity index (χ2v) is 4.62. The number of carbonyl (C=O) groups is 1. The number of nitrogens with one attached hydrogen (secondary N) is 1. The van der Waals surface area contributed by atoms with Crippen molar-refractivity contribution in [1.82, 2.24) is 9.55 Å². The summed E-state index contributed by atoms with van der Waals surface area (Å²) in [5.41, 5.74) is 2.23. The molecule has 1 N–H and O–H groups in total. The highest BCUT2D eigenvalue weighted by atomic mass is 35.5. The van der Waals surface area contributed by atoms with E-state index in [0.717, 1.165) is 17.9 Å². The van der Waals surface area contributed by atoms with Gasteiger partial charge < -0.3 is 14.6 Å². The van der Waals surface area contributed by atoms with E-state index in [9.17, 15) is 4.79 Å². The summed E-state index contributed by atoms with van der Waals surface area (Å²) >= 11 is 5.97. The maximum Gasteiger partial charge on any atom is 0.339 e. The molecule has 20 heavy (non-hydrogen) atoms. The highest BCUT2D eigenvalue weighted by Crippen LogP contribution is 2.21. The maximum atomic E-state index is 11.6. The Kier molecular flexibility index (Phi) is 4.63. The summed E-state index contributed by atoms with van der Waals surface area (Å²) < 4.78 is 6.74. The van der Waals surface area contributed by atoms with E-state index in [1.54, 1.807) is 18.5 Å². The molecule has 1 heterocycles. The van der Waals surface area contributed by atoms with Crippen LogP contribution in [0.3, 0.4) is 0 Å². The fraction of sp³-hybridized carbons (Fsp3) is 0.286. The Morgan fingerprint density at radius 1 is 1.50 bits per heavy atom. The van der Waals surface area contributed by atoms with Crippen LogP contribution < -0.4 is 5.32 Å². The first-order valence-electron chi connectivity index (χ1n) is 6.26. The summed E-state index contributed by atoms with van der Waals surface area (Å²) in [5.74, 6) is -0.447. The topological polar surface area (TPSA) is 56.2 Å². The molecule has 0 aliphatic carbocycles. The van der Waals surface area contributed by atoms with Gasteiger partial charge in [0.25, 0.3) is 0 Å². The quantitative estimate of drug-likeness (QED) is 0.861. The fourth-order valence-corrected chi connectivity index (χ4v) is 2.07. The Morgan fingerprint density at radius 3 is 3.00 bits per heavy atom. The third kappa shape index (κ3) is 3.11. The van der Waals surface area contributed by atoms with Crippen LogP contribution in [0.5, 0.6) is 0 Å². The van der Waals surface area contributed by atoms with Crippen LogP contribution in [0.15, 0.2) is 30.7 Å². The Balaban J connectivity index is 2.12. The zero-order chi connectivity index (χ0) is 14.5. The summed E-state index contributed by atoms with van der Waals surface area (Å²) in [7, 11) is 1.33. The molecule has 0 radical (unpaired) electrons. The van der Waals surface area contributed by atoms with E-state index in [1.807, 2.05) is 16.8 Å². The van der Waals surface area contributed by atoms with E-state index in [-0.39, 0.29) is 0 Å². The van der Waals surface area contributed by atoms with Gasteiger partial charge in [-0.05, 0) is 25.1 Å². The van der Waals surface area contributed by atoms with Crippen LogP contribution in [-0.4, -0.2) is 22.6 Å². The number of nitrogens with zero attached hydrogens (tertiary/aromatic N) is 2. The molecular formula is C14H16ClN3O2. The molecule has 1 aromatic carbocycles. The summed E-state index contributed by atoms with van der Waals surface area (Å²) in [6, 6.07) is 5.18. The zero-order valence-corrected chi connectivity index (χ0v) is 12.1. The van der Waals surface area contributed by atoms with Crippen LogP contribution in [0.4, 0.5) is 5.69 Å². The summed E-state index contributed by atoms with van der Waals surface area (Å²) in [6.07, 6.45) is 3.60. The van der Waals surface area contributed by atoms with Gasteiger partial charge in [-0.15, -0.1) is 0 Å². The van der Waals surface area contributed by atoms with E-state index in [0.29, 0.717) is 17.1 Å². The molecule has 0 atom stereocenters. The maximum absolute atomic E-state index is 11.6. The van der Waals surface area contributed by atoms with E-state index in [2.05, 4.69) is 17.2 Å². The first kappa shape index (κ1) is 14.4. The molecule has 5 nitrogen and oxygen atoms in total. The van der Waals surface area contributed by atoms with Gasteiger partial charge in [0.2, 0.25) is 0 Å². The van der Waals surface area contributed by atoms with Crippen LogP contribution in [0.2, 0.25) is 5.02 Å². The number of imidazole rings is 1. The number of hydrogen-bond donors (Lipinski definition) is 1. The van der Waals surface area contributed by atoms with Gasteiger partial charge in [0.05, 0.1) is 36.3 Å². The predicted octanol–water partition coefficient (Wildman–Crippen LogP) is 2.96. The van der Waals surface area contributed by atoms with Crippen LogP contribution in [0, 0.1) is 0 Å². The van der Waals surface area contributed by atoms with Gasteiger partial charge >= 0.3 is 5.97 Å². The van der Waals surface area contributed by atoms with E-state index >= 15 is 0 Å². The highest BCUT2D eigenvalue weighted by Gasteiger charge is 2.11. The molecule has 0 bridgehead atoms. The molecule has 0 fully saturated rings. The predicted molar refractivity (Wildman–Crippen MR) is 78.0 cm³/mol. The Bertz CT molecular complexity index is 610. The van der Waals surface area contributed by atoms with Crippen LogP contribution in [-0.2, 0) is 17.8 Å². The van der Waals surface area contributed by atoms with Crippen molar-refractivity contribution in [3.05, 3.63) is 47.0 Å². The van der Waals surface area contributed by atoms with E-state index in [1.165, 1.54) is 7.11 Å². The molecule has 0 aliphatic heterocycles. The average molecular weight is 294 g/mol. The lowest BCUT2D eigenvalue weighted by Crippen LogP contribution is -2.07. The lowest BCUT2D eigenvalue weighted by Gasteiger charge is -2.10. The number of esters is 1. The minimum atomic E-state index is -0.447. The monoisotopic (exact) mass is 293 g/mol. The van der Waals surface area contributed by atoms with Crippen molar-refractivity contribution in [3.63, 3.8) is 0 Å². The molecule has 0 saturated carbocycles. The summed E-state index contributed by atoms with van der Waals surface area (Å²) in [4.78, 5) is 15.7. The van der Waals surface area contributed by atoms with E-state index < -0.39 is 5.97 Å². The van der Waals surface area contributed by atoms with Gasteiger partial charge in [0, 0.05) is 18.4 Å². The van der Waals surface area contributed by atoms with Crippen LogP contribution in [0.1, 0.15) is 23.0 Å². The van der Waals surface area contributed by atoms with Gasteiger partial charge in [0.15, 0.2) is 0 Å². The molecule has 1 aromatic heterocycles. The second kappa shape index (κ2) is 6.43. The molecule has 2 aromatic rings. The fourth-order valence-electron chi connectivity index (χ4n) is 1.87. The van der Waals surface area contributed by atoms with Gasteiger partial charge in [0.1, 0.15) is 0 Å². The number of methoxy groups -OCH3 is 1. The normalized spacial score (nSPS) is 10.3. The lowest BCUT2D eigenvalue weighted by atomic mass is 10.2. The molecule has 0 spiro atoms. The number of anilines is 1. The van der Waals surface area contributed by atoms with Crippen molar-refractivity contribution in [2.45, 2.75) is 20.0 Å². The van der Waals surface area contributed by atoms with Gasteiger partial charge in [-0.3, -0.25) is 0 Å². The first-order chi connectivity index (χ1) is 9.65. The number of aryl methyl sites for hydroxylation is 1. The highest BCUT2D eigenvalue weighted by molar-refractivity contribution is 6.33. The van der Waals surface area contributed by atoms with Crippen molar-refractivity contribution in [3.8, 4) is 0 Å². The average Bonchev–Trinajstić information content (AvgIpc) is 2.93. The minimum Gasteiger partial charge on any atom is -0.465 e. The first-order valence-corrected chi connectivity index (χ1v) is 6.64. The molecule has 6 heteroatoms. The van der Waals surface area contributed by atoms with Crippen molar-refractivity contribution < 1.29 is 9.53 Å². The Morgan fingerprint density at radius 2 is 2.30 bits per heavy atom. The Hall–Kier alpha value is -2.01. The summed E-state index contributed by atoms with van der Waals surface area (Å²) in [6.45, 7) is 3.55. The van der Waals surface area contributed by atoms with Gasteiger partial charge in [-0.1, -0.05) is 11.6 Å². The largest absolute Gasteiger partial charge is 0.465 e. The number of aromatic nitrogens is 2. The van der Waals surface area contributed by atoms with E-state index in [4.69, 9.17) is 16.3 Å². The van der Waals surface area contributed by atoms with Crippen molar-refractivity contribution in [2.24, 2.45) is 0 Å². The summed E-state index contributed by atoms with van der Waals surface area (Å²) in [5, 5.41) is 3.62. The number of rotatable bonds is 5. The minimum absolute atomic E-state index is 0.350. The van der Waals surface area contributed by atoms with Gasteiger partial charge in [-0.25, -0.2) is 9.78 Å².